The van der Waals surface area contributed by atoms with E-state index in [-0.39, 0.29) is 0 Å². The molecule has 15 heavy (non-hydrogen) atoms. The number of nitrogens with zero attached hydrogens (tertiary/aromatic N) is 1. The lowest BCUT2D eigenvalue weighted by Gasteiger charge is -2.27. The second kappa shape index (κ2) is 6.43. The van der Waals surface area contributed by atoms with Crippen LogP contribution >= 0.6 is 0 Å². The minimum atomic E-state index is 0.480. The Morgan fingerprint density at radius 2 is 2.20 bits per heavy atom. The van der Waals surface area contributed by atoms with E-state index in [2.05, 4.69) is 15.5 Å². The van der Waals surface area contributed by atoms with E-state index in [1.54, 1.807) is 0 Å². The zero-order valence-corrected chi connectivity index (χ0v) is 9.50. The van der Waals surface area contributed by atoms with Crippen molar-refractivity contribution in [2.75, 3.05) is 52.4 Å². The lowest BCUT2D eigenvalue weighted by atomic mass is 10.2. The summed E-state index contributed by atoms with van der Waals surface area (Å²) in [6.07, 6.45) is 2.96. The highest BCUT2D eigenvalue weighted by atomic mass is 16.5. The molecule has 0 aromatic carbocycles. The molecule has 2 saturated heterocycles. The van der Waals surface area contributed by atoms with Crippen LogP contribution in [-0.2, 0) is 4.74 Å². The Morgan fingerprint density at radius 1 is 1.33 bits per heavy atom. The van der Waals surface area contributed by atoms with Gasteiger partial charge in [0.15, 0.2) is 0 Å². The van der Waals surface area contributed by atoms with E-state index >= 15 is 0 Å². The quantitative estimate of drug-likeness (QED) is 0.613. The molecule has 0 aromatic rings. The molecular weight excluding hydrogens is 190 g/mol. The molecule has 0 spiro atoms. The van der Waals surface area contributed by atoms with Crippen LogP contribution < -0.4 is 10.6 Å². The molecule has 1 unspecified atom stereocenters. The Balaban J connectivity index is 1.47. The first-order valence-corrected chi connectivity index (χ1v) is 6.20. The topological polar surface area (TPSA) is 36.5 Å². The van der Waals surface area contributed by atoms with Gasteiger partial charge in [0.1, 0.15) is 0 Å². The molecule has 0 radical (unpaired) electrons. The molecule has 2 fully saturated rings. The molecule has 1 atom stereocenters. The predicted octanol–water partition coefficient (Wildman–Crippen LogP) is -0.340. The highest BCUT2D eigenvalue weighted by Gasteiger charge is 2.14. The highest BCUT2D eigenvalue weighted by molar-refractivity contribution is 4.70. The number of hydrogen-bond acceptors (Lipinski definition) is 4. The summed E-state index contributed by atoms with van der Waals surface area (Å²) in [5, 5.41) is 6.86. The molecule has 0 saturated carbocycles. The van der Waals surface area contributed by atoms with Crippen molar-refractivity contribution in [1.29, 1.82) is 0 Å². The van der Waals surface area contributed by atoms with Gasteiger partial charge in [0.25, 0.3) is 0 Å². The van der Waals surface area contributed by atoms with Crippen molar-refractivity contribution in [3.8, 4) is 0 Å². The van der Waals surface area contributed by atoms with E-state index in [0.29, 0.717) is 6.10 Å². The first kappa shape index (κ1) is 11.3. The first-order valence-electron chi connectivity index (χ1n) is 6.20. The van der Waals surface area contributed by atoms with Gasteiger partial charge in [-0.3, -0.25) is 4.90 Å². The standard InChI is InChI=1S/C11H23N3O/c1-2-11(15-9-1)10-13-5-8-14-6-3-12-4-7-14/h11-13H,1-10H2. The molecule has 4 heteroatoms. The van der Waals surface area contributed by atoms with Gasteiger partial charge in [-0.15, -0.1) is 0 Å². The van der Waals surface area contributed by atoms with E-state index in [1.165, 1.54) is 32.5 Å². The third kappa shape index (κ3) is 4.07. The molecule has 88 valence electrons. The normalized spacial score (nSPS) is 28.4. The molecule has 0 aliphatic carbocycles. The van der Waals surface area contributed by atoms with Crippen molar-refractivity contribution < 1.29 is 4.74 Å². The summed E-state index contributed by atoms with van der Waals surface area (Å²) in [6.45, 7) is 8.95. The second-order valence-electron chi connectivity index (χ2n) is 4.43. The van der Waals surface area contributed by atoms with Crippen molar-refractivity contribution in [1.82, 2.24) is 15.5 Å². The molecule has 2 N–H and O–H groups in total. The molecule has 2 aliphatic rings. The number of ether oxygens (including phenoxy) is 1. The van der Waals surface area contributed by atoms with E-state index in [0.717, 1.165) is 32.8 Å². The van der Waals surface area contributed by atoms with E-state index in [1.807, 2.05) is 0 Å². The second-order valence-corrected chi connectivity index (χ2v) is 4.43. The lowest BCUT2D eigenvalue weighted by molar-refractivity contribution is 0.109. The molecule has 0 bridgehead atoms. The summed E-state index contributed by atoms with van der Waals surface area (Å²) < 4.78 is 5.56. The number of rotatable bonds is 5. The predicted molar refractivity (Wildman–Crippen MR) is 61.2 cm³/mol. The Bertz CT molecular complexity index is 165. The molecule has 4 nitrogen and oxygen atoms in total. The molecule has 0 aromatic heterocycles. The van der Waals surface area contributed by atoms with Crippen molar-refractivity contribution in [3.63, 3.8) is 0 Å². The van der Waals surface area contributed by atoms with Crippen molar-refractivity contribution >= 4 is 0 Å². The van der Waals surface area contributed by atoms with E-state index in [4.69, 9.17) is 4.74 Å². The lowest BCUT2D eigenvalue weighted by Crippen LogP contribution is -2.46. The monoisotopic (exact) mass is 213 g/mol. The number of piperazine rings is 1. The fourth-order valence-corrected chi connectivity index (χ4v) is 2.24. The van der Waals surface area contributed by atoms with Gasteiger partial charge in [-0.25, -0.2) is 0 Å². The van der Waals surface area contributed by atoms with Gasteiger partial charge >= 0.3 is 0 Å². The van der Waals surface area contributed by atoms with Gasteiger partial charge in [-0.1, -0.05) is 0 Å². The van der Waals surface area contributed by atoms with Crippen LogP contribution in [0.15, 0.2) is 0 Å². The largest absolute Gasteiger partial charge is 0.377 e. The average Bonchev–Trinajstić information content (AvgIpc) is 2.79. The Hall–Kier alpha value is -0.160. The molecular formula is C11H23N3O. The van der Waals surface area contributed by atoms with Gasteiger partial charge in [-0.2, -0.15) is 0 Å². The van der Waals surface area contributed by atoms with Crippen LogP contribution in [0.4, 0.5) is 0 Å². The molecule has 2 aliphatic heterocycles. The fraction of sp³-hybridized carbons (Fsp3) is 1.00. The van der Waals surface area contributed by atoms with Crippen LogP contribution in [0.5, 0.6) is 0 Å². The molecule has 2 rings (SSSR count). The summed E-state index contributed by atoms with van der Waals surface area (Å²) in [4.78, 5) is 2.51. The number of hydrogen-bond donors (Lipinski definition) is 2. The van der Waals surface area contributed by atoms with Crippen molar-refractivity contribution in [2.24, 2.45) is 0 Å². The van der Waals surface area contributed by atoms with Gasteiger partial charge in [0.05, 0.1) is 6.10 Å². The Kier molecular flexibility index (Phi) is 4.86. The van der Waals surface area contributed by atoms with Crippen LogP contribution in [-0.4, -0.2) is 63.4 Å². The highest BCUT2D eigenvalue weighted by Crippen LogP contribution is 2.10. The van der Waals surface area contributed by atoms with Crippen LogP contribution in [0.3, 0.4) is 0 Å². The maximum Gasteiger partial charge on any atom is 0.0700 e. The number of nitrogens with one attached hydrogen (secondary N) is 2. The third-order valence-corrected chi connectivity index (χ3v) is 3.21. The summed E-state index contributed by atoms with van der Waals surface area (Å²) in [6, 6.07) is 0. The van der Waals surface area contributed by atoms with Crippen LogP contribution in [0.2, 0.25) is 0 Å². The third-order valence-electron chi connectivity index (χ3n) is 3.21. The first-order chi connectivity index (χ1) is 7.45. The summed E-state index contributed by atoms with van der Waals surface area (Å²) in [5.74, 6) is 0. The zero-order valence-electron chi connectivity index (χ0n) is 9.50. The van der Waals surface area contributed by atoms with Crippen molar-refractivity contribution in [2.45, 2.75) is 18.9 Å². The van der Waals surface area contributed by atoms with Gasteiger partial charge in [0, 0.05) is 52.4 Å². The maximum atomic E-state index is 5.56. The summed E-state index contributed by atoms with van der Waals surface area (Å²) in [5.41, 5.74) is 0. The summed E-state index contributed by atoms with van der Waals surface area (Å²) in [7, 11) is 0. The van der Waals surface area contributed by atoms with Crippen molar-refractivity contribution in [3.05, 3.63) is 0 Å². The van der Waals surface area contributed by atoms with Gasteiger partial charge < -0.3 is 15.4 Å². The Labute approximate surface area is 92.4 Å². The van der Waals surface area contributed by atoms with Crippen LogP contribution in [0, 0.1) is 0 Å². The molecule has 2 heterocycles. The minimum absolute atomic E-state index is 0.480. The minimum Gasteiger partial charge on any atom is -0.377 e. The summed E-state index contributed by atoms with van der Waals surface area (Å²) >= 11 is 0. The zero-order chi connectivity index (χ0) is 10.3. The average molecular weight is 213 g/mol. The van der Waals surface area contributed by atoms with Gasteiger partial charge in [-0.05, 0) is 12.8 Å². The van der Waals surface area contributed by atoms with E-state index < -0.39 is 0 Å². The van der Waals surface area contributed by atoms with E-state index in [9.17, 15) is 0 Å². The van der Waals surface area contributed by atoms with Gasteiger partial charge in [0.2, 0.25) is 0 Å². The van der Waals surface area contributed by atoms with Crippen LogP contribution in [0.25, 0.3) is 0 Å². The smallest absolute Gasteiger partial charge is 0.0700 e. The Morgan fingerprint density at radius 3 is 2.93 bits per heavy atom. The molecule has 0 amide bonds. The SMILES string of the molecule is C1COC(CNCCN2CCNCC2)C1. The fourth-order valence-electron chi connectivity index (χ4n) is 2.24. The van der Waals surface area contributed by atoms with Crippen LogP contribution in [0.1, 0.15) is 12.8 Å². The maximum absolute atomic E-state index is 5.56.